The average Bonchev–Trinajstić information content (AvgIpc) is 2.46. The van der Waals surface area contributed by atoms with Crippen LogP contribution in [0.4, 0.5) is 0 Å². The van der Waals surface area contributed by atoms with Gasteiger partial charge in [0, 0.05) is 0 Å². The van der Waals surface area contributed by atoms with E-state index in [1.54, 1.807) is 0 Å². The predicted octanol–water partition coefficient (Wildman–Crippen LogP) is 2.07. The van der Waals surface area contributed by atoms with E-state index in [2.05, 4.69) is 27.2 Å². The molecule has 0 N–H and O–H groups in total. The first-order valence-electron chi connectivity index (χ1n) is 4.76. The van der Waals surface area contributed by atoms with Crippen molar-refractivity contribution in [3.8, 4) is 0 Å². The summed E-state index contributed by atoms with van der Waals surface area (Å²) in [5, 5.41) is 1.15. The molecule has 14 heavy (non-hydrogen) atoms. The molecule has 1 aliphatic rings. The SMILES string of the molecule is [Se]=P1(c2ccccc2)OCCCCO1. The van der Waals surface area contributed by atoms with Gasteiger partial charge in [-0.25, -0.2) is 0 Å². The number of rotatable bonds is 1. The molecule has 0 radical (unpaired) electrons. The molecule has 4 heteroatoms. The number of hydrogen-bond acceptors (Lipinski definition) is 2. The monoisotopic (exact) mass is 276 g/mol. The minimum atomic E-state index is -1.88. The van der Waals surface area contributed by atoms with Gasteiger partial charge in [-0.2, -0.15) is 0 Å². The zero-order chi connectivity index (χ0) is 9.86. The van der Waals surface area contributed by atoms with E-state index < -0.39 is 5.96 Å². The molecule has 1 aromatic rings. The van der Waals surface area contributed by atoms with Crippen LogP contribution in [0.2, 0.25) is 0 Å². The van der Waals surface area contributed by atoms with Crippen molar-refractivity contribution in [2.45, 2.75) is 12.8 Å². The molecule has 0 amide bonds. The van der Waals surface area contributed by atoms with E-state index in [0.717, 1.165) is 31.4 Å². The van der Waals surface area contributed by atoms with Gasteiger partial charge in [-0.3, -0.25) is 0 Å². The zero-order valence-corrected chi connectivity index (χ0v) is 10.5. The van der Waals surface area contributed by atoms with Crippen molar-refractivity contribution >= 4 is 26.4 Å². The normalized spacial score (nSPS) is 21.4. The summed E-state index contributed by atoms with van der Waals surface area (Å²) in [6.07, 6.45) is 2.19. The van der Waals surface area contributed by atoms with Gasteiger partial charge in [0.2, 0.25) is 0 Å². The Bertz CT molecular complexity index is 327. The topological polar surface area (TPSA) is 18.5 Å². The van der Waals surface area contributed by atoms with Crippen molar-refractivity contribution in [3.05, 3.63) is 30.3 Å². The minimum absolute atomic E-state index is 0.801. The van der Waals surface area contributed by atoms with E-state index in [-0.39, 0.29) is 0 Å². The molecule has 0 bridgehead atoms. The summed E-state index contributed by atoms with van der Waals surface area (Å²) in [6.45, 7) is 1.60. The Hall–Kier alpha value is 0.0895. The molecule has 0 saturated carbocycles. The van der Waals surface area contributed by atoms with Crippen LogP contribution in [0.15, 0.2) is 30.3 Å². The Morgan fingerprint density at radius 3 is 2.14 bits per heavy atom. The Morgan fingerprint density at radius 1 is 1.00 bits per heavy atom. The maximum atomic E-state index is 5.81. The molecule has 0 atom stereocenters. The summed E-state index contributed by atoms with van der Waals surface area (Å²) in [5.41, 5.74) is 0. The van der Waals surface area contributed by atoms with Crippen molar-refractivity contribution in [2.24, 2.45) is 0 Å². The van der Waals surface area contributed by atoms with Crippen molar-refractivity contribution in [2.75, 3.05) is 13.2 Å². The Morgan fingerprint density at radius 2 is 1.57 bits per heavy atom. The van der Waals surface area contributed by atoms with Crippen LogP contribution in [-0.4, -0.2) is 28.3 Å². The third-order valence-corrected chi connectivity index (χ3v) is 6.76. The standard InChI is InChI=1S/C10H13O2PSe/c14-13(10-6-2-1-3-7-10)11-8-4-5-9-12-13/h1-3,6-7H,4-5,8-9H2. The second kappa shape index (κ2) is 4.74. The first kappa shape index (κ1) is 10.6. The Kier molecular flexibility index (Phi) is 3.59. The van der Waals surface area contributed by atoms with Crippen molar-refractivity contribution < 1.29 is 9.05 Å². The summed E-state index contributed by atoms with van der Waals surface area (Å²) in [7, 11) is 0. The quantitative estimate of drug-likeness (QED) is 0.577. The maximum absolute atomic E-state index is 5.81. The van der Waals surface area contributed by atoms with Crippen molar-refractivity contribution in [3.63, 3.8) is 0 Å². The summed E-state index contributed by atoms with van der Waals surface area (Å²) in [4.78, 5) is 0. The van der Waals surface area contributed by atoms with Crippen LogP contribution in [0.1, 0.15) is 12.8 Å². The van der Waals surface area contributed by atoms with Gasteiger partial charge in [0.1, 0.15) is 0 Å². The van der Waals surface area contributed by atoms with Crippen LogP contribution in [0.5, 0.6) is 0 Å². The summed E-state index contributed by atoms with van der Waals surface area (Å²) in [6, 6.07) is 10.2. The Labute approximate surface area is 92.0 Å². The van der Waals surface area contributed by atoms with Gasteiger partial charge < -0.3 is 0 Å². The molecular formula is C10H13O2PSe. The second-order valence-corrected chi connectivity index (χ2v) is 8.26. The first-order valence-corrected chi connectivity index (χ1v) is 8.60. The van der Waals surface area contributed by atoms with Crippen LogP contribution in [0.25, 0.3) is 0 Å². The molecule has 1 aromatic carbocycles. The third-order valence-electron chi connectivity index (χ3n) is 2.13. The molecule has 2 rings (SSSR count). The molecule has 76 valence electrons. The third kappa shape index (κ3) is 2.36. The first-order chi connectivity index (χ1) is 6.81. The fourth-order valence-electron chi connectivity index (χ4n) is 1.37. The van der Waals surface area contributed by atoms with E-state index in [1.807, 2.05) is 18.2 Å². The number of hydrogen-bond donors (Lipinski definition) is 0. The van der Waals surface area contributed by atoms with Crippen LogP contribution >= 0.6 is 5.96 Å². The van der Waals surface area contributed by atoms with E-state index in [4.69, 9.17) is 9.05 Å². The van der Waals surface area contributed by atoms with Gasteiger partial charge in [-0.15, -0.1) is 0 Å². The predicted molar refractivity (Wildman–Crippen MR) is 59.9 cm³/mol. The zero-order valence-electron chi connectivity index (χ0n) is 7.89. The average molecular weight is 275 g/mol. The van der Waals surface area contributed by atoms with E-state index in [1.165, 1.54) is 0 Å². The van der Waals surface area contributed by atoms with Crippen molar-refractivity contribution in [1.82, 2.24) is 0 Å². The van der Waals surface area contributed by atoms with Crippen LogP contribution in [0, 0.1) is 0 Å². The van der Waals surface area contributed by atoms with E-state index in [9.17, 15) is 0 Å². The molecule has 0 unspecified atom stereocenters. The van der Waals surface area contributed by atoms with Gasteiger partial charge in [0.15, 0.2) is 0 Å². The molecule has 0 spiro atoms. The molecule has 1 saturated heterocycles. The molecule has 1 heterocycles. The van der Waals surface area contributed by atoms with Gasteiger partial charge in [-0.05, 0) is 0 Å². The summed E-state index contributed by atoms with van der Waals surface area (Å²) in [5.74, 6) is -1.88. The molecule has 0 aromatic heterocycles. The summed E-state index contributed by atoms with van der Waals surface area (Å²) >= 11 is 3.12. The molecule has 0 aliphatic carbocycles. The molecule has 1 fully saturated rings. The molecule has 2 nitrogen and oxygen atoms in total. The second-order valence-electron chi connectivity index (χ2n) is 3.21. The summed E-state index contributed by atoms with van der Waals surface area (Å²) < 4.78 is 11.6. The fraction of sp³-hybridized carbons (Fsp3) is 0.400. The van der Waals surface area contributed by atoms with Gasteiger partial charge >= 0.3 is 91.8 Å². The van der Waals surface area contributed by atoms with Crippen LogP contribution < -0.4 is 5.30 Å². The Balaban J connectivity index is 2.26. The number of benzene rings is 1. The van der Waals surface area contributed by atoms with Gasteiger partial charge in [0.25, 0.3) is 0 Å². The van der Waals surface area contributed by atoms with Crippen LogP contribution in [0.3, 0.4) is 0 Å². The van der Waals surface area contributed by atoms with Gasteiger partial charge in [0.05, 0.1) is 0 Å². The van der Waals surface area contributed by atoms with Crippen LogP contribution in [-0.2, 0) is 9.05 Å². The molecule has 1 aliphatic heterocycles. The van der Waals surface area contributed by atoms with E-state index >= 15 is 0 Å². The molecular weight excluding hydrogens is 262 g/mol. The fourth-order valence-corrected chi connectivity index (χ4v) is 4.72. The van der Waals surface area contributed by atoms with Crippen molar-refractivity contribution in [1.29, 1.82) is 0 Å². The van der Waals surface area contributed by atoms with E-state index in [0.29, 0.717) is 0 Å². The van der Waals surface area contributed by atoms with Gasteiger partial charge in [-0.1, -0.05) is 0 Å².